The number of pyridine rings is 1. The first-order chi connectivity index (χ1) is 15.1. The number of aromatic amines is 1. The van der Waals surface area contributed by atoms with Crippen LogP contribution in [0, 0.1) is 5.82 Å². The van der Waals surface area contributed by atoms with Crippen molar-refractivity contribution in [3.63, 3.8) is 0 Å². The highest BCUT2D eigenvalue weighted by Gasteiger charge is 2.30. The molecule has 0 aliphatic carbocycles. The Balaban J connectivity index is 1.77. The smallest absolute Gasteiger partial charge is 0.247 e. The lowest BCUT2D eigenvalue weighted by molar-refractivity contribution is -0.128. The standard InChI is InChI=1S/C23H22Cl2FN5O/c1-12(19-17(24)5-6-18(26)20(19)25)16-10-29-21-15(16)7-13(8-28-21)14-9-30-31(11-14)23(2,3)22(32)27-4/h5-12H,1-4H3,(H,27,32)(H,28,29). The lowest BCUT2D eigenvalue weighted by atomic mass is 9.92. The van der Waals surface area contributed by atoms with E-state index in [-0.39, 0.29) is 16.8 Å². The van der Waals surface area contributed by atoms with Crippen LogP contribution in [0.1, 0.15) is 37.8 Å². The zero-order chi connectivity index (χ0) is 23.2. The van der Waals surface area contributed by atoms with Crippen molar-refractivity contribution in [3.05, 3.63) is 70.0 Å². The van der Waals surface area contributed by atoms with E-state index in [9.17, 15) is 9.18 Å². The summed E-state index contributed by atoms with van der Waals surface area (Å²) in [5, 5.41) is 8.32. The third kappa shape index (κ3) is 3.65. The van der Waals surface area contributed by atoms with Crippen LogP contribution >= 0.6 is 23.2 Å². The summed E-state index contributed by atoms with van der Waals surface area (Å²) in [6.07, 6.45) is 7.09. The molecule has 0 aliphatic rings. The molecule has 0 spiro atoms. The minimum absolute atomic E-state index is 0.0150. The molecular weight excluding hydrogens is 452 g/mol. The molecule has 4 rings (SSSR count). The molecule has 6 nitrogen and oxygen atoms in total. The van der Waals surface area contributed by atoms with E-state index in [1.54, 1.807) is 38.0 Å². The molecule has 1 unspecified atom stereocenters. The van der Waals surface area contributed by atoms with Crippen LogP contribution in [0.2, 0.25) is 10.0 Å². The van der Waals surface area contributed by atoms with E-state index in [1.165, 1.54) is 12.1 Å². The topological polar surface area (TPSA) is 75.6 Å². The first-order valence-electron chi connectivity index (χ1n) is 10.0. The number of hydrogen-bond donors (Lipinski definition) is 2. The summed E-state index contributed by atoms with van der Waals surface area (Å²) in [5.41, 5.74) is 2.92. The molecule has 4 aromatic rings. The zero-order valence-corrected chi connectivity index (χ0v) is 19.5. The normalized spacial score (nSPS) is 12.8. The van der Waals surface area contributed by atoms with E-state index >= 15 is 0 Å². The Kier molecular flexibility index (Phi) is 5.73. The third-order valence-corrected chi connectivity index (χ3v) is 6.53. The van der Waals surface area contributed by atoms with Crippen LogP contribution in [0.3, 0.4) is 0 Å². The SMILES string of the molecule is CNC(=O)C(C)(C)n1cc(-c2cnc3[nH]cc(C(C)c4c(Cl)ccc(F)c4Cl)c3c2)cn1. The summed E-state index contributed by atoms with van der Waals surface area (Å²) in [6, 6.07) is 4.75. The van der Waals surface area contributed by atoms with E-state index in [2.05, 4.69) is 20.4 Å². The van der Waals surface area contributed by atoms with Crippen molar-refractivity contribution < 1.29 is 9.18 Å². The number of fused-ring (bicyclic) bond motifs is 1. The lowest BCUT2D eigenvalue weighted by Crippen LogP contribution is -2.43. The summed E-state index contributed by atoms with van der Waals surface area (Å²) in [6.45, 7) is 5.51. The molecule has 1 atom stereocenters. The van der Waals surface area contributed by atoms with E-state index < -0.39 is 11.4 Å². The summed E-state index contributed by atoms with van der Waals surface area (Å²) >= 11 is 12.6. The third-order valence-electron chi connectivity index (χ3n) is 5.81. The predicted molar refractivity (Wildman–Crippen MR) is 125 cm³/mol. The van der Waals surface area contributed by atoms with Gasteiger partial charge in [0, 0.05) is 53.1 Å². The van der Waals surface area contributed by atoms with Gasteiger partial charge in [-0.25, -0.2) is 9.37 Å². The Hall–Kier alpha value is -2.90. The van der Waals surface area contributed by atoms with Gasteiger partial charge in [0.05, 0.1) is 11.2 Å². The van der Waals surface area contributed by atoms with Gasteiger partial charge in [-0.2, -0.15) is 5.10 Å². The van der Waals surface area contributed by atoms with Crippen LogP contribution in [0.15, 0.2) is 43.0 Å². The van der Waals surface area contributed by atoms with Crippen molar-refractivity contribution >= 4 is 40.1 Å². The Morgan fingerprint density at radius 2 is 2.00 bits per heavy atom. The molecule has 166 valence electrons. The van der Waals surface area contributed by atoms with Gasteiger partial charge in [0.1, 0.15) is 17.0 Å². The van der Waals surface area contributed by atoms with Gasteiger partial charge in [-0.15, -0.1) is 0 Å². The van der Waals surface area contributed by atoms with Crippen molar-refractivity contribution in [2.24, 2.45) is 0 Å². The van der Waals surface area contributed by atoms with Gasteiger partial charge in [0.15, 0.2) is 0 Å². The van der Waals surface area contributed by atoms with Crippen LogP contribution < -0.4 is 5.32 Å². The molecular formula is C23H22Cl2FN5O. The lowest BCUT2D eigenvalue weighted by Gasteiger charge is -2.22. The number of aromatic nitrogens is 4. The largest absolute Gasteiger partial charge is 0.357 e. The highest BCUT2D eigenvalue weighted by atomic mass is 35.5. The van der Waals surface area contributed by atoms with Crippen molar-refractivity contribution in [3.8, 4) is 11.1 Å². The predicted octanol–water partition coefficient (Wildman–Crippen LogP) is 5.51. The van der Waals surface area contributed by atoms with E-state index in [1.807, 2.05) is 25.4 Å². The van der Waals surface area contributed by atoms with Gasteiger partial charge in [0.2, 0.25) is 5.91 Å². The van der Waals surface area contributed by atoms with Gasteiger partial charge in [-0.05, 0) is 43.2 Å². The number of H-pyrrole nitrogens is 1. The van der Waals surface area contributed by atoms with Crippen molar-refractivity contribution in [2.45, 2.75) is 32.2 Å². The van der Waals surface area contributed by atoms with Gasteiger partial charge in [0.25, 0.3) is 0 Å². The summed E-state index contributed by atoms with van der Waals surface area (Å²) in [7, 11) is 1.60. The zero-order valence-electron chi connectivity index (χ0n) is 18.0. The maximum absolute atomic E-state index is 14.1. The number of benzene rings is 1. The Labute approximate surface area is 194 Å². The highest BCUT2D eigenvalue weighted by Crippen LogP contribution is 2.39. The van der Waals surface area contributed by atoms with Crippen LogP contribution in [0.4, 0.5) is 4.39 Å². The molecule has 0 fully saturated rings. The molecule has 0 saturated heterocycles. The summed E-state index contributed by atoms with van der Waals surface area (Å²) in [5.74, 6) is -0.930. The fraction of sp³-hybridized carbons (Fsp3) is 0.261. The minimum atomic E-state index is -0.844. The number of nitrogens with zero attached hydrogens (tertiary/aromatic N) is 3. The molecule has 0 bridgehead atoms. The molecule has 0 aliphatic heterocycles. The number of halogens is 3. The van der Waals surface area contributed by atoms with E-state index in [0.29, 0.717) is 16.2 Å². The first kappa shape index (κ1) is 22.3. The molecule has 0 saturated carbocycles. The minimum Gasteiger partial charge on any atom is -0.357 e. The number of hydrogen-bond acceptors (Lipinski definition) is 3. The number of rotatable bonds is 5. The molecule has 3 heterocycles. The number of carbonyl (C=O) groups excluding carboxylic acids is 1. The average Bonchev–Trinajstić information content (AvgIpc) is 3.43. The first-order valence-corrected chi connectivity index (χ1v) is 10.8. The maximum atomic E-state index is 14.1. The van der Waals surface area contributed by atoms with Gasteiger partial charge in [-0.3, -0.25) is 9.48 Å². The molecule has 1 aromatic carbocycles. The van der Waals surface area contributed by atoms with Crippen LogP contribution in [-0.2, 0) is 10.3 Å². The van der Waals surface area contributed by atoms with E-state index in [4.69, 9.17) is 23.2 Å². The second-order valence-corrected chi connectivity index (χ2v) is 8.94. The fourth-order valence-corrected chi connectivity index (χ4v) is 4.52. The molecule has 3 aromatic heterocycles. The van der Waals surface area contributed by atoms with Crippen molar-refractivity contribution in [1.29, 1.82) is 0 Å². The van der Waals surface area contributed by atoms with Gasteiger partial charge in [-0.1, -0.05) is 30.1 Å². The van der Waals surface area contributed by atoms with Crippen LogP contribution in [0.5, 0.6) is 0 Å². The van der Waals surface area contributed by atoms with Gasteiger partial charge < -0.3 is 10.3 Å². The second-order valence-electron chi connectivity index (χ2n) is 8.15. The number of carbonyl (C=O) groups is 1. The molecule has 9 heteroatoms. The Bertz CT molecular complexity index is 1330. The Morgan fingerprint density at radius 1 is 1.25 bits per heavy atom. The van der Waals surface area contributed by atoms with Crippen molar-refractivity contribution in [1.82, 2.24) is 25.1 Å². The quantitative estimate of drug-likeness (QED) is 0.375. The monoisotopic (exact) mass is 473 g/mol. The average molecular weight is 474 g/mol. The number of amides is 1. The van der Waals surface area contributed by atoms with Crippen molar-refractivity contribution in [2.75, 3.05) is 7.05 Å². The van der Waals surface area contributed by atoms with E-state index in [0.717, 1.165) is 22.1 Å². The molecule has 32 heavy (non-hydrogen) atoms. The summed E-state index contributed by atoms with van der Waals surface area (Å²) < 4.78 is 15.7. The van der Waals surface area contributed by atoms with Gasteiger partial charge >= 0.3 is 0 Å². The van der Waals surface area contributed by atoms with Crippen LogP contribution in [0.25, 0.3) is 22.2 Å². The summed E-state index contributed by atoms with van der Waals surface area (Å²) in [4.78, 5) is 19.9. The highest BCUT2D eigenvalue weighted by molar-refractivity contribution is 6.36. The Morgan fingerprint density at radius 3 is 2.72 bits per heavy atom. The van der Waals surface area contributed by atoms with Crippen LogP contribution in [-0.4, -0.2) is 32.7 Å². The fourth-order valence-electron chi connectivity index (χ4n) is 3.82. The second kappa shape index (κ2) is 8.22. The number of nitrogens with one attached hydrogen (secondary N) is 2. The molecule has 0 radical (unpaired) electrons. The molecule has 1 amide bonds. The molecule has 2 N–H and O–H groups in total. The number of likely N-dealkylation sites (N-methyl/N-ethyl adjacent to an activating group) is 1. The maximum Gasteiger partial charge on any atom is 0.247 e.